The average Bonchev–Trinajstić information content (AvgIpc) is 2.76. The number of aromatic hydroxyl groups is 1. The van der Waals surface area contributed by atoms with E-state index in [1.54, 1.807) is 25.3 Å². The molecular weight excluding hydrogens is 382 g/mol. The van der Waals surface area contributed by atoms with E-state index in [-0.39, 0.29) is 12.4 Å². The molecule has 1 amide bonds. The van der Waals surface area contributed by atoms with E-state index < -0.39 is 5.91 Å². The molecule has 0 aliphatic carbocycles. The Morgan fingerprint density at radius 1 is 0.967 bits per heavy atom. The lowest BCUT2D eigenvalue weighted by molar-refractivity contribution is -0.112. The van der Waals surface area contributed by atoms with E-state index >= 15 is 0 Å². The van der Waals surface area contributed by atoms with Crippen molar-refractivity contribution < 1.29 is 24.1 Å². The molecule has 6 heteroatoms. The predicted molar refractivity (Wildman–Crippen MR) is 115 cm³/mol. The molecule has 0 aliphatic heterocycles. The number of hydrogen-bond acceptors (Lipinski definition) is 5. The van der Waals surface area contributed by atoms with Crippen LogP contribution in [0.25, 0.3) is 11.6 Å². The van der Waals surface area contributed by atoms with Crippen molar-refractivity contribution in [2.75, 3.05) is 14.2 Å². The fraction of sp³-hybridized carbons (Fsp3) is 0.125. The minimum absolute atomic E-state index is 0.0220. The van der Waals surface area contributed by atoms with Crippen molar-refractivity contribution in [1.82, 2.24) is 0 Å². The summed E-state index contributed by atoms with van der Waals surface area (Å²) in [6, 6.07) is 19.5. The van der Waals surface area contributed by atoms with E-state index in [0.717, 1.165) is 11.3 Å². The molecule has 0 saturated carbocycles. The lowest BCUT2D eigenvalue weighted by Crippen LogP contribution is -2.14. The zero-order valence-corrected chi connectivity index (χ0v) is 16.8. The van der Waals surface area contributed by atoms with Gasteiger partial charge in [-0.1, -0.05) is 30.3 Å². The van der Waals surface area contributed by atoms with Gasteiger partial charge in [-0.2, -0.15) is 0 Å². The number of rotatable bonds is 8. The minimum Gasteiger partial charge on any atom is -0.504 e. The summed E-state index contributed by atoms with van der Waals surface area (Å²) >= 11 is 0. The van der Waals surface area contributed by atoms with Gasteiger partial charge in [0.1, 0.15) is 18.1 Å². The van der Waals surface area contributed by atoms with Crippen molar-refractivity contribution in [3.05, 3.63) is 83.4 Å². The van der Waals surface area contributed by atoms with Gasteiger partial charge in [0.05, 0.1) is 14.2 Å². The molecule has 0 atom stereocenters. The second kappa shape index (κ2) is 9.52. The smallest absolute Gasteiger partial charge is 0.249 e. The second-order valence-electron chi connectivity index (χ2n) is 6.47. The Morgan fingerprint density at radius 2 is 1.67 bits per heavy atom. The van der Waals surface area contributed by atoms with E-state index in [9.17, 15) is 9.90 Å². The molecule has 0 aromatic heterocycles. The Kier molecular flexibility index (Phi) is 6.60. The Morgan fingerprint density at radius 3 is 2.30 bits per heavy atom. The summed E-state index contributed by atoms with van der Waals surface area (Å²) in [5.74, 6) is 1.16. The zero-order valence-electron chi connectivity index (χ0n) is 16.8. The van der Waals surface area contributed by atoms with Gasteiger partial charge in [-0.05, 0) is 59.2 Å². The number of ether oxygens (including phenoxy) is 3. The normalized spacial score (nSPS) is 11.1. The van der Waals surface area contributed by atoms with Crippen molar-refractivity contribution in [3.8, 4) is 23.0 Å². The molecular formula is C24H23NO5. The number of amides is 1. The monoisotopic (exact) mass is 405 g/mol. The predicted octanol–water partition coefficient (Wildman–Crippen LogP) is 4.01. The summed E-state index contributed by atoms with van der Waals surface area (Å²) in [5, 5.41) is 10.0. The van der Waals surface area contributed by atoms with Crippen LogP contribution in [-0.2, 0) is 11.4 Å². The van der Waals surface area contributed by atoms with Crippen LogP contribution in [0.1, 0.15) is 16.7 Å². The summed E-state index contributed by atoms with van der Waals surface area (Å²) < 4.78 is 16.1. The summed E-state index contributed by atoms with van der Waals surface area (Å²) in [4.78, 5) is 12.2. The second-order valence-corrected chi connectivity index (χ2v) is 6.47. The van der Waals surface area contributed by atoms with Gasteiger partial charge in [-0.15, -0.1) is 0 Å². The van der Waals surface area contributed by atoms with Gasteiger partial charge in [0, 0.05) is 5.57 Å². The van der Waals surface area contributed by atoms with Crippen molar-refractivity contribution in [3.63, 3.8) is 0 Å². The summed E-state index contributed by atoms with van der Waals surface area (Å²) in [6.07, 6.45) is 1.63. The van der Waals surface area contributed by atoms with E-state index in [1.165, 1.54) is 13.2 Å². The molecule has 3 aromatic carbocycles. The first-order valence-corrected chi connectivity index (χ1v) is 9.25. The minimum atomic E-state index is -0.581. The van der Waals surface area contributed by atoms with Crippen LogP contribution >= 0.6 is 0 Å². The number of carbonyl (C=O) groups is 1. The van der Waals surface area contributed by atoms with Crippen LogP contribution in [0.5, 0.6) is 23.0 Å². The quantitative estimate of drug-likeness (QED) is 0.436. The van der Waals surface area contributed by atoms with Crippen LogP contribution in [0.15, 0.2) is 66.7 Å². The van der Waals surface area contributed by atoms with E-state index in [2.05, 4.69) is 0 Å². The number of methoxy groups -OCH3 is 2. The molecule has 3 rings (SSSR count). The maximum atomic E-state index is 12.2. The molecule has 0 aliphatic rings. The van der Waals surface area contributed by atoms with E-state index in [0.29, 0.717) is 28.2 Å². The number of hydrogen-bond donors (Lipinski definition) is 2. The molecule has 0 heterocycles. The number of phenols is 1. The Hall–Kier alpha value is -3.93. The number of phenolic OH excluding ortho intramolecular Hbond substituents is 1. The highest BCUT2D eigenvalue weighted by atomic mass is 16.5. The average molecular weight is 405 g/mol. The van der Waals surface area contributed by atoms with Gasteiger partial charge in [0.25, 0.3) is 0 Å². The number of nitrogens with two attached hydrogens (primary N) is 1. The standard InChI is InChI=1S/C24H23NO5/c1-28-18-8-10-19(11-9-18)30-15-17-5-3-4-6-20(17)21(24(25)27)13-16-7-12-23(29-2)22(26)14-16/h3-14,26H,15H2,1-2H3,(H2,25,27)/b21-13+. The van der Waals surface area contributed by atoms with Gasteiger partial charge in [0.15, 0.2) is 11.5 Å². The maximum absolute atomic E-state index is 12.2. The molecule has 0 unspecified atom stereocenters. The van der Waals surface area contributed by atoms with Crippen LogP contribution in [0.4, 0.5) is 0 Å². The number of carbonyl (C=O) groups excluding carboxylic acids is 1. The first-order valence-electron chi connectivity index (χ1n) is 9.25. The highest BCUT2D eigenvalue weighted by Crippen LogP contribution is 2.29. The highest BCUT2D eigenvalue weighted by molar-refractivity contribution is 6.23. The van der Waals surface area contributed by atoms with Crippen LogP contribution in [0.2, 0.25) is 0 Å². The number of primary amides is 1. The SMILES string of the molecule is COc1ccc(OCc2ccccc2/C(=C\c2ccc(OC)c(O)c2)C(N)=O)cc1. The van der Waals surface area contributed by atoms with Crippen LogP contribution in [-0.4, -0.2) is 25.2 Å². The summed E-state index contributed by atoms with van der Waals surface area (Å²) in [7, 11) is 3.07. The van der Waals surface area contributed by atoms with Crippen molar-refractivity contribution in [1.29, 1.82) is 0 Å². The van der Waals surface area contributed by atoms with Gasteiger partial charge in [-0.25, -0.2) is 0 Å². The lowest BCUT2D eigenvalue weighted by atomic mass is 9.97. The van der Waals surface area contributed by atoms with Crippen LogP contribution in [0, 0.1) is 0 Å². The third-order valence-electron chi connectivity index (χ3n) is 4.54. The molecule has 0 radical (unpaired) electrons. The fourth-order valence-corrected chi connectivity index (χ4v) is 2.99. The molecule has 0 bridgehead atoms. The third-order valence-corrected chi connectivity index (χ3v) is 4.54. The Labute approximate surface area is 175 Å². The molecule has 154 valence electrons. The summed E-state index contributed by atoms with van der Waals surface area (Å²) in [5.41, 5.74) is 8.06. The maximum Gasteiger partial charge on any atom is 0.249 e. The molecule has 0 saturated heterocycles. The first kappa shape index (κ1) is 20.8. The number of benzene rings is 3. The van der Waals surface area contributed by atoms with Gasteiger partial charge >= 0.3 is 0 Å². The Bertz CT molecular complexity index is 1060. The lowest BCUT2D eigenvalue weighted by Gasteiger charge is -2.13. The first-order chi connectivity index (χ1) is 14.5. The molecule has 3 aromatic rings. The largest absolute Gasteiger partial charge is 0.504 e. The molecule has 30 heavy (non-hydrogen) atoms. The molecule has 0 fully saturated rings. The van der Waals surface area contributed by atoms with Crippen molar-refractivity contribution in [2.45, 2.75) is 6.61 Å². The van der Waals surface area contributed by atoms with Crippen LogP contribution in [0.3, 0.4) is 0 Å². The van der Waals surface area contributed by atoms with Crippen molar-refractivity contribution in [2.24, 2.45) is 5.73 Å². The van der Waals surface area contributed by atoms with E-state index in [1.807, 2.05) is 48.5 Å². The highest BCUT2D eigenvalue weighted by Gasteiger charge is 2.14. The van der Waals surface area contributed by atoms with Gasteiger partial charge in [-0.3, -0.25) is 4.79 Å². The topological polar surface area (TPSA) is 91.0 Å². The molecule has 6 nitrogen and oxygen atoms in total. The molecule has 0 spiro atoms. The van der Waals surface area contributed by atoms with Gasteiger partial charge in [0.2, 0.25) is 5.91 Å². The van der Waals surface area contributed by atoms with Gasteiger partial charge < -0.3 is 25.1 Å². The van der Waals surface area contributed by atoms with Crippen molar-refractivity contribution >= 4 is 17.6 Å². The fourth-order valence-electron chi connectivity index (χ4n) is 2.99. The summed E-state index contributed by atoms with van der Waals surface area (Å²) in [6.45, 7) is 0.251. The zero-order chi connectivity index (χ0) is 21.5. The third kappa shape index (κ3) is 4.91. The molecule has 3 N–H and O–H groups in total. The Balaban J connectivity index is 1.90. The van der Waals surface area contributed by atoms with E-state index in [4.69, 9.17) is 19.9 Å². The van der Waals surface area contributed by atoms with Crippen LogP contribution < -0.4 is 19.9 Å².